The van der Waals surface area contributed by atoms with Gasteiger partial charge in [0.1, 0.15) is 11.3 Å². The van der Waals surface area contributed by atoms with Gasteiger partial charge in [0.15, 0.2) is 5.78 Å². The van der Waals surface area contributed by atoms with E-state index in [9.17, 15) is 14.4 Å². The van der Waals surface area contributed by atoms with Gasteiger partial charge in [0.2, 0.25) is 0 Å². The van der Waals surface area contributed by atoms with Crippen LogP contribution >= 0.6 is 0 Å². The monoisotopic (exact) mass is 282 g/mol. The number of carbonyl (C=O) groups is 3. The number of hydrogen-bond acceptors (Lipinski definition) is 5. The van der Waals surface area contributed by atoms with Crippen LogP contribution in [0.4, 0.5) is 0 Å². The van der Waals surface area contributed by atoms with Gasteiger partial charge in [-0.1, -0.05) is 13.0 Å². The molecule has 1 rings (SSSR count). The Labute approximate surface area is 119 Å². The van der Waals surface area contributed by atoms with E-state index in [0.29, 0.717) is 6.42 Å². The topological polar surface area (TPSA) is 69.7 Å². The lowest BCUT2D eigenvalue weighted by Gasteiger charge is -2.28. The van der Waals surface area contributed by atoms with E-state index >= 15 is 0 Å². The Balaban J connectivity index is 3.11. The lowest BCUT2D eigenvalue weighted by atomic mass is 9.75. The summed E-state index contributed by atoms with van der Waals surface area (Å²) in [4.78, 5) is 36.7. The summed E-state index contributed by atoms with van der Waals surface area (Å²) in [5.74, 6) is -2.68. The van der Waals surface area contributed by atoms with Crippen molar-refractivity contribution in [3.8, 4) is 0 Å². The zero-order valence-corrected chi connectivity index (χ0v) is 12.3. The molecule has 1 saturated carbocycles. The molecule has 1 aliphatic carbocycles. The Morgan fingerprint density at radius 2 is 1.95 bits per heavy atom. The Hall–Kier alpha value is -1.65. The summed E-state index contributed by atoms with van der Waals surface area (Å²) in [6, 6.07) is 0. The van der Waals surface area contributed by atoms with Gasteiger partial charge in [-0.3, -0.25) is 14.4 Å². The standard InChI is InChI=1S/C15H22O5/c1-5-8-15(14(18)20-7-3)10(4)9-11(12(15)16)13(17)19-6-2/h5,10-11H,1,6-9H2,2-4H3. The average molecular weight is 282 g/mol. The molecule has 20 heavy (non-hydrogen) atoms. The minimum absolute atomic E-state index is 0.182. The number of Topliss-reactive ketones (excluding diaryl/α,β-unsaturated/α-hetero) is 1. The molecule has 0 spiro atoms. The predicted molar refractivity (Wildman–Crippen MR) is 72.8 cm³/mol. The first-order chi connectivity index (χ1) is 9.45. The van der Waals surface area contributed by atoms with E-state index in [1.165, 1.54) is 6.08 Å². The molecule has 0 heterocycles. The Bertz CT molecular complexity index is 414. The highest BCUT2D eigenvalue weighted by atomic mass is 16.5. The van der Waals surface area contributed by atoms with Crippen LogP contribution in [-0.4, -0.2) is 30.9 Å². The maximum absolute atomic E-state index is 12.6. The first kappa shape index (κ1) is 16.4. The summed E-state index contributed by atoms with van der Waals surface area (Å²) in [6.45, 7) is 9.18. The van der Waals surface area contributed by atoms with Gasteiger partial charge in [-0.05, 0) is 32.6 Å². The third-order valence-electron chi connectivity index (χ3n) is 3.86. The normalized spacial score (nSPS) is 29.1. The summed E-state index contributed by atoms with van der Waals surface area (Å²) in [5.41, 5.74) is -1.30. The summed E-state index contributed by atoms with van der Waals surface area (Å²) >= 11 is 0. The van der Waals surface area contributed by atoms with Crippen LogP contribution in [0.15, 0.2) is 12.7 Å². The fourth-order valence-electron chi connectivity index (χ4n) is 2.84. The molecule has 1 aliphatic rings. The maximum atomic E-state index is 12.6. The van der Waals surface area contributed by atoms with Crippen LogP contribution in [0.5, 0.6) is 0 Å². The van der Waals surface area contributed by atoms with Gasteiger partial charge < -0.3 is 9.47 Å². The summed E-state index contributed by atoms with van der Waals surface area (Å²) < 4.78 is 9.97. The molecule has 0 N–H and O–H groups in total. The molecule has 3 unspecified atom stereocenters. The summed E-state index contributed by atoms with van der Waals surface area (Å²) in [7, 11) is 0. The van der Waals surface area contributed by atoms with Crippen molar-refractivity contribution in [1.82, 2.24) is 0 Å². The number of allylic oxidation sites excluding steroid dienone is 1. The second-order valence-electron chi connectivity index (χ2n) is 4.99. The average Bonchev–Trinajstić information content (AvgIpc) is 2.65. The van der Waals surface area contributed by atoms with Gasteiger partial charge in [-0.15, -0.1) is 6.58 Å². The molecule has 0 aromatic heterocycles. The highest BCUT2D eigenvalue weighted by Gasteiger charge is 2.60. The smallest absolute Gasteiger partial charge is 0.320 e. The van der Waals surface area contributed by atoms with Crippen molar-refractivity contribution in [2.45, 2.75) is 33.6 Å². The van der Waals surface area contributed by atoms with Crippen molar-refractivity contribution in [1.29, 1.82) is 0 Å². The second kappa shape index (κ2) is 6.68. The number of ether oxygens (including phenoxy) is 2. The van der Waals surface area contributed by atoms with E-state index in [2.05, 4.69) is 6.58 Å². The van der Waals surface area contributed by atoms with Crippen LogP contribution in [0.2, 0.25) is 0 Å². The fourth-order valence-corrected chi connectivity index (χ4v) is 2.84. The van der Waals surface area contributed by atoms with Gasteiger partial charge in [0.05, 0.1) is 13.2 Å². The second-order valence-corrected chi connectivity index (χ2v) is 4.99. The van der Waals surface area contributed by atoms with Crippen LogP contribution in [0.25, 0.3) is 0 Å². The fraction of sp³-hybridized carbons (Fsp3) is 0.667. The van der Waals surface area contributed by atoms with Crippen molar-refractivity contribution in [3.05, 3.63) is 12.7 Å². The highest BCUT2D eigenvalue weighted by Crippen LogP contribution is 2.47. The van der Waals surface area contributed by atoms with E-state index in [1.807, 2.05) is 0 Å². The molecule has 0 saturated heterocycles. The van der Waals surface area contributed by atoms with Crippen molar-refractivity contribution in [2.75, 3.05) is 13.2 Å². The largest absolute Gasteiger partial charge is 0.465 e. The quantitative estimate of drug-likeness (QED) is 0.423. The number of rotatable bonds is 6. The van der Waals surface area contributed by atoms with E-state index in [1.54, 1.807) is 20.8 Å². The van der Waals surface area contributed by atoms with Gasteiger partial charge >= 0.3 is 11.9 Å². The summed E-state index contributed by atoms with van der Waals surface area (Å²) in [5, 5.41) is 0. The molecule has 1 fully saturated rings. The molecular formula is C15H22O5. The SMILES string of the molecule is C=CCC1(C(=O)OCC)C(=O)C(C(=O)OCC)CC1C. The molecule has 3 atom stereocenters. The number of ketones is 1. The first-order valence-corrected chi connectivity index (χ1v) is 6.94. The molecule has 0 aliphatic heterocycles. The van der Waals surface area contributed by atoms with Crippen LogP contribution in [0.1, 0.15) is 33.6 Å². The van der Waals surface area contributed by atoms with Crippen molar-refractivity contribution < 1.29 is 23.9 Å². The molecular weight excluding hydrogens is 260 g/mol. The molecule has 112 valence electrons. The molecule has 5 nitrogen and oxygen atoms in total. The van der Waals surface area contributed by atoms with Gasteiger partial charge in [0, 0.05) is 0 Å². The molecule has 0 aromatic carbocycles. The number of carbonyl (C=O) groups excluding carboxylic acids is 3. The van der Waals surface area contributed by atoms with Crippen molar-refractivity contribution in [3.63, 3.8) is 0 Å². The molecule has 0 aromatic rings. The lowest BCUT2D eigenvalue weighted by Crippen LogP contribution is -2.43. The van der Waals surface area contributed by atoms with Crippen molar-refractivity contribution >= 4 is 17.7 Å². The number of esters is 2. The predicted octanol–water partition coefficient (Wildman–Crippen LogP) is 1.90. The Morgan fingerprint density at radius 3 is 2.45 bits per heavy atom. The van der Waals surface area contributed by atoms with Crippen LogP contribution in [0, 0.1) is 17.3 Å². The van der Waals surface area contributed by atoms with Gasteiger partial charge in [-0.2, -0.15) is 0 Å². The van der Waals surface area contributed by atoms with Crippen LogP contribution < -0.4 is 0 Å². The maximum Gasteiger partial charge on any atom is 0.320 e. The van der Waals surface area contributed by atoms with Gasteiger partial charge in [-0.25, -0.2) is 0 Å². The van der Waals surface area contributed by atoms with Gasteiger partial charge in [0.25, 0.3) is 0 Å². The third-order valence-corrected chi connectivity index (χ3v) is 3.86. The van der Waals surface area contributed by atoms with E-state index in [4.69, 9.17) is 9.47 Å². The van der Waals surface area contributed by atoms with Crippen molar-refractivity contribution in [2.24, 2.45) is 17.3 Å². The lowest BCUT2D eigenvalue weighted by molar-refractivity contribution is -0.162. The zero-order valence-electron chi connectivity index (χ0n) is 12.3. The summed E-state index contributed by atoms with van der Waals surface area (Å²) in [6.07, 6.45) is 2.02. The van der Waals surface area contributed by atoms with E-state index in [0.717, 1.165) is 0 Å². The Kier molecular flexibility index (Phi) is 5.48. The molecule has 0 amide bonds. The Morgan fingerprint density at radius 1 is 1.35 bits per heavy atom. The number of hydrogen-bond donors (Lipinski definition) is 0. The highest BCUT2D eigenvalue weighted by molar-refractivity contribution is 6.13. The van der Waals surface area contributed by atoms with E-state index < -0.39 is 29.1 Å². The minimum Gasteiger partial charge on any atom is -0.465 e. The van der Waals surface area contributed by atoms with E-state index in [-0.39, 0.29) is 25.6 Å². The third kappa shape index (κ3) is 2.62. The molecule has 0 radical (unpaired) electrons. The molecule has 0 bridgehead atoms. The first-order valence-electron chi connectivity index (χ1n) is 6.94. The zero-order chi connectivity index (χ0) is 15.3. The van der Waals surface area contributed by atoms with Crippen LogP contribution in [-0.2, 0) is 23.9 Å². The minimum atomic E-state index is -1.30. The van der Waals surface area contributed by atoms with Crippen LogP contribution in [0.3, 0.4) is 0 Å². The molecule has 5 heteroatoms.